The summed E-state index contributed by atoms with van der Waals surface area (Å²) in [5.74, 6) is 0.612. The van der Waals surface area contributed by atoms with E-state index < -0.39 is 0 Å². The summed E-state index contributed by atoms with van der Waals surface area (Å²) in [4.78, 5) is 26.2. The Balaban J connectivity index is 2.09. The van der Waals surface area contributed by atoms with Crippen LogP contribution in [-0.2, 0) is 15.0 Å². The first-order chi connectivity index (χ1) is 10.1. The molecule has 0 radical (unpaired) electrons. The molecule has 2 fully saturated rings. The molecule has 112 valence electrons. The molecule has 1 aliphatic heterocycles. The molecule has 1 aromatic carbocycles. The minimum absolute atomic E-state index is 0.0197. The van der Waals surface area contributed by atoms with E-state index in [0.29, 0.717) is 6.42 Å². The molecule has 0 N–H and O–H groups in total. The van der Waals surface area contributed by atoms with Crippen molar-refractivity contribution in [1.82, 2.24) is 4.90 Å². The van der Waals surface area contributed by atoms with Crippen LogP contribution in [0.4, 0.5) is 0 Å². The predicted octanol–water partition coefficient (Wildman–Crippen LogP) is 2.51. The molecule has 0 unspecified atom stereocenters. The lowest BCUT2D eigenvalue weighted by atomic mass is 9.58. The highest BCUT2D eigenvalue weighted by molar-refractivity contribution is 6.00. The standard InChI is InChI=1S/C17H21NO3/c1-18-15(19)11-17(9-4-3-8-14(17)16(18)20)12-6-5-7-13(10-12)21-2/h5-7,10,14H,3-4,8-9,11H2,1-2H3/t14-,17+/m1/s1. The van der Waals surface area contributed by atoms with E-state index in [4.69, 9.17) is 4.74 Å². The van der Waals surface area contributed by atoms with E-state index in [1.807, 2.05) is 24.3 Å². The summed E-state index contributed by atoms with van der Waals surface area (Å²) in [6.07, 6.45) is 4.32. The maximum Gasteiger partial charge on any atom is 0.232 e. The predicted molar refractivity (Wildman–Crippen MR) is 79.0 cm³/mol. The fraction of sp³-hybridized carbons (Fsp3) is 0.529. The number of hydrogen-bond acceptors (Lipinski definition) is 3. The zero-order valence-electron chi connectivity index (χ0n) is 12.6. The molecular weight excluding hydrogens is 266 g/mol. The number of carbonyl (C=O) groups excluding carboxylic acids is 2. The molecule has 2 amide bonds. The number of likely N-dealkylation sites (tertiary alicyclic amines) is 1. The van der Waals surface area contributed by atoms with E-state index in [1.165, 1.54) is 4.90 Å². The molecule has 4 heteroatoms. The maximum absolute atomic E-state index is 12.6. The third-order valence-corrected chi connectivity index (χ3v) is 5.15. The summed E-state index contributed by atoms with van der Waals surface area (Å²) in [6.45, 7) is 0. The Labute approximate surface area is 125 Å². The van der Waals surface area contributed by atoms with Crippen LogP contribution in [-0.4, -0.2) is 30.9 Å². The van der Waals surface area contributed by atoms with E-state index in [1.54, 1.807) is 14.2 Å². The summed E-state index contributed by atoms with van der Waals surface area (Å²) in [5, 5.41) is 0. The van der Waals surface area contributed by atoms with E-state index in [0.717, 1.165) is 37.0 Å². The summed E-state index contributed by atoms with van der Waals surface area (Å²) in [6, 6.07) is 7.87. The molecule has 21 heavy (non-hydrogen) atoms. The molecule has 0 spiro atoms. The normalized spacial score (nSPS) is 29.2. The van der Waals surface area contributed by atoms with Gasteiger partial charge in [-0.3, -0.25) is 14.5 Å². The number of fused-ring (bicyclic) bond motifs is 1. The third kappa shape index (κ3) is 2.13. The molecule has 0 aromatic heterocycles. The number of amides is 2. The second kappa shape index (κ2) is 5.17. The number of nitrogens with zero attached hydrogens (tertiary/aromatic N) is 1. The SMILES string of the molecule is COc1cccc([C@@]23CCCC[C@@H]2C(=O)N(C)C(=O)C3)c1. The van der Waals surface area contributed by atoms with Crippen LogP contribution in [0.2, 0.25) is 0 Å². The highest BCUT2D eigenvalue weighted by Crippen LogP contribution is 2.50. The van der Waals surface area contributed by atoms with Crippen molar-refractivity contribution in [2.24, 2.45) is 5.92 Å². The monoisotopic (exact) mass is 287 g/mol. The van der Waals surface area contributed by atoms with Crippen LogP contribution in [0.1, 0.15) is 37.7 Å². The van der Waals surface area contributed by atoms with Crippen molar-refractivity contribution in [2.45, 2.75) is 37.5 Å². The molecule has 4 nitrogen and oxygen atoms in total. The molecule has 2 atom stereocenters. The highest BCUT2D eigenvalue weighted by atomic mass is 16.5. The first kappa shape index (κ1) is 14.1. The number of hydrogen-bond donors (Lipinski definition) is 0. The Hall–Kier alpha value is -1.84. The molecule has 3 rings (SSSR count). The lowest BCUT2D eigenvalue weighted by Crippen LogP contribution is -2.56. The van der Waals surface area contributed by atoms with Crippen LogP contribution >= 0.6 is 0 Å². The summed E-state index contributed by atoms with van der Waals surface area (Å²) in [7, 11) is 3.24. The Kier molecular flexibility index (Phi) is 3.47. The summed E-state index contributed by atoms with van der Waals surface area (Å²) in [5.41, 5.74) is 0.731. The Morgan fingerprint density at radius 2 is 2.10 bits per heavy atom. The second-order valence-electron chi connectivity index (χ2n) is 6.15. The van der Waals surface area contributed by atoms with Gasteiger partial charge in [-0.05, 0) is 30.5 Å². The van der Waals surface area contributed by atoms with Gasteiger partial charge < -0.3 is 4.74 Å². The van der Waals surface area contributed by atoms with Gasteiger partial charge >= 0.3 is 0 Å². The average Bonchev–Trinajstić information content (AvgIpc) is 2.53. The topological polar surface area (TPSA) is 46.6 Å². The van der Waals surface area contributed by atoms with Crippen LogP contribution < -0.4 is 4.74 Å². The lowest BCUT2D eigenvalue weighted by molar-refractivity contribution is -0.155. The molecule has 1 heterocycles. The van der Waals surface area contributed by atoms with Gasteiger partial charge in [-0.1, -0.05) is 25.0 Å². The van der Waals surface area contributed by atoms with Gasteiger partial charge in [-0.2, -0.15) is 0 Å². The van der Waals surface area contributed by atoms with E-state index in [9.17, 15) is 9.59 Å². The summed E-state index contributed by atoms with van der Waals surface area (Å²) < 4.78 is 5.32. The van der Waals surface area contributed by atoms with Gasteiger partial charge in [0.05, 0.1) is 7.11 Å². The molecule has 1 aromatic rings. The maximum atomic E-state index is 12.6. The van der Waals surface area contributed by atoms with Gasteiger partial charge in [-0.15, -0.1) is 0 Å². The molecule has 1 saturated heterocycles. The van der Waals surface area contributed by atoms with Crippen LogP contribution in [0, 0.1) is 5.92 Å². The van der Waals surface area contributed by atoms with Gasteiger partial charge in [0.25, 0.3) is 0 Å². The average molecular weight is 287 g/mol. The number of imide groups is 1. The van der Waals surface area contributed by atoms with Gasteiger partial charge in [0.1, 0.15) is 5.75 Å². The van der Waals surface area contributed by atoms with Crippen LogP contribution in [0.3, 0.4) is 0 Å². The van der Waals surface area contributed by atoms with Crippen molar-refractivity contribution >= 4 is 11.8 Å². The van der Waals surface area contributed by atoms with E-state index in [-0.39, 0.29) is 23.1 Å². The van der Waals surface area contributed by atoms with Crippen molar-refractivity contribution in [3.05, 3.63) is 29.8 Å². The van der Waals surface area contributed by atoms with E-state index >= 15 is 0 Å². The van der Waals surface area contributed by atoms with E-state index in [2.05, 4.69) is 0 Å². The molecular formula is C17H21NO3. The molecule has 2 aliphatic rings. The second-order valence-corrected chi connectivity index (χ2v) is 6.15. The van der Waals surface area contributed by atoms with Gasteiger partial charge in [0.2, 0.25) is 11.8 Å². The zero-order valence-corrected chi connectivity index (χ0v) is 12.6. The van der Waals surface area contributed by atoms with Gasteiger partial charge in [-0.25, -0.2) is 0 Å². The van der Waals surface area contributed by atoms with Crippen molar-refractivity contribution in [2.75, 3.05) is 14.2 Å². The lowest BCUT2D eigenvalue weighted by Gasteiger charge is -2.48. The minimum Gasteiger partial charge on any atom is -0.497 e. The number of piperidine rings is 1. The van der Waals surface area contributed by atoms with Gasteiger partial charge in [0.15, 0.2) is 0 Å². The van der Waals surface area contributed by atoms with Crippen molar-refractivity contribution in [3.8, 4) is 5.75 Å². The first-order valence-corrected chi connectivity index (χ1v) is 7.53. The molecule has 1 aliphatic carbocycles. The molecule has 0 bridgehead atoms. The fourth-order valence-electron chi connectivity index (χ4n) is 3.94. The zero-order chi connectivity index (χ0) is 15.0. The Morgan fingerprint density at radius 3 is 2.86 bits per heavy atom. The smallest absolute Gasteiger partial charge is 0.232 e. The van der Waals surface area contributed by atoms with Crippen LogP contribution in [0.25, 0.3) is 0 Å². The quantitative estimate of drug-likeness (QED) is 0.785. The number of carbonyl (C=O) groups is 2. The Morgan fingerprint density at radius 1 is 1.29 bits per heavy atom. The largest absolute Gasteiger partial charge is 0.497 e. The van der Waals surface area contributed by atoms with Gasteiger partial charge in [0, 0.05) is 24.8 Å². The van der Waals surface area contributed by atoms with Crippen molar-refractivity contribution < 1.29 is 14.3 Å². The fourth-order valence-corrected chi connectivity index (χ4v) is 3.94. The van der Waals surface area contributed by atoms with Crippen LogP contribution in [0.5, 0.6) is 5.75 Å². The first-order valence-electron chi connectivity index (χ1n) is 7.53. The Bertz CT molecular complexity index is 583. The van der Waals surface area contributed by atoms with Crippen LogP contribution in [0.15, 0.2) is 24.3 Å². The minimum atomic E-state index is -0.340. The highest BCUT2D eigenvalue weighted by Gasteiger charge is 2.52. The number of benzene rings is 1. The number of ether oxygens (including phenoxy) is 1. The van der Waals surface area contributed by atoms with Crippen molar-refractivity contribution in [3.63, 3.8) is 0 Å². The summed E-state index contributed by atoms with van der Waals surface area (Å²) >= 11 is 0. The number of methoxy groups -OCH3 is 1. The van der Waals surface area contributed by atoms with Crippen molar-refractivity contribution in [1.29, 1.82) is 0 Å². The third-order valence-electron chi connectivity index (χ3n) is 5.15. The number of rotatable bonds is 2. The molecule has 1 saturated carbocycles.